The molecule has 1 fully saturated rings. The summed E-state index contributed by atoms with van der Waals surface area (Å²) < 4.78 is 19.2. The maximum Gasteiger partial charge on any atom is 0.137 e. The van der Waals surface area contributed by atoms with Crippen molar-refractivity contribution in [2.75, 3.05) is 32.9 Å². The van der Waals surface area contributed by atoms with Crippen molar-refractivity contribution in [3.05, 3.63) is 21.2 Å². The molecule has 0 aromatic heterocycles. The molecule has 0 aliphatic carbocycles. The van der Waals surface area contributed by atoms with Gasteiger partial charge in [0.2, 0.25) is 0 Å². The molecule has 1 atom stereocenters. The molecule has 0 spiro atoms. The molecule has 5 heteroatoms. The number of hydrogen-bond donors (Lipinski definition) is 1. The van der Waals surface area contributed by atoms with E-state index in [0.29, 0.717) is 0 Å². The first kappa shape index (κ1) is 13.9. The smallest absolute Gasteiger partial charge is 0.137 e. The third kappa shape index (κ3) is 2.35. The van der Waals surface area contributed by atoms with Gasteiger partial charge in [-0.05, 0) is 41.6 Å². The average molecular weight is 354 g/mol. The highest BCUT2D eigenvalue weighted by Gasteiger charge is 2.33. The third-order valence-corrected chi connectivity index (χ3v) is 5.31. The Labute approximate surface area is 133 Å². The summed E-state index contributed by atoms with van der Waals surface area (Å²) in [5, 5.41) is 3.43. The second-order valence-corrected chi connectivity index (χ2v) is 6.60. The molecule has 1 unspecified atom stereocenters. The van der Waals surface area contributed by atoms with Gasteiger partial charge in [0, 0.05) is 29.8 Å². The van der Waals surface area contributed by atoms with E-state index >= 15 is 0 Å². The van der Waals surface area contributed by atoms with Gasteiger partial charge in [0.15, 0.2) is 0 Å². The number of rotatable bonds is 1. The molecule has 0 bridgehead atoms. The Kier molecular flexibility index (Phi) is 3.81. The number of ether oxygens (including phenoxy) is 3. The third-order valence-electron chi connectivity index (χ3n) is 4.47. The molecule has 0 radical (unpaired) electrons. The van der Waals surface area contributed by atoms with Crippen LogP contribution in [0.25, 0.3) is 0 Å². The molecule has 0 amide bonds. The van der Waals surface area contributed by atoms with Crippen LogP contribution in [0.2, 0.25) is 0 Å². The summed E-state index contributed by atoms with van der Waals surface area (Å²) in [5.74, 6) is 2.07. The highest BCUT2D eigenvalue weighted by atomic mass is 79.9. The van der Waals surface area contributed by atoms with Crippen molar-refractivity contribution in [1.29, 1.82) is 0 Å². The lowest BCUT2D eigenvalue weighted by atomic mass is 9.90. The lowest BCUT2D eigenvalue weighted by molar-refractivity contribution is 0.0244. The molecular formula is C16H20BrNO3. The molecule has 3 aliphatic heterocycles. The molecular weight excluding hydrogens is 334 g/mol. The van der Waals surface area contributed by atoms with Gasteiger partial charge in [-0.15, -0.1) is 0 Å². The van der Waals surface area contributed by atoms with E-state index in [1.165, 1.54) is 16.7 Å². The fraction of sp³-hybridized carbons (Fsp3) is 0.625. The van der Waals surface area contributed by atoms with Gasteiger partial charge in [0.1, 0.15) is 11.5 Å². The maximum atomic E-state index is 6.06. The number of benzene rings is 1. The van der Waals surface area contributed by atoms with Crippen molar-refractivity contribution in [2.45, 2.75) is 31.8 Å². The van der Waals surface area contributed by atoms with Crippen molar-refractivity contribution < 1.29 is 14.2 Å². The first-order valence-electron chi connectivity index (χ1n) is 7.81. The number of hydrogen-bond acceptors (Lipinski definition) is 4. The number of fused-ring (bicyclic) bond motifs is 2. The predicted molar refractivity (Wildman–Crippen MR) is 83.3 cm³/mol. The van der Waals surface area contributed by atoms with Crippen LogP contribution in [0.15, 0.2) is 4.47 Å². The summed E-state index contributed by atoms with van der Waals surface area (Å²) in [6.07, 6.45) is 4.28. The normalized spacial score (nSPS) is 24.5. The Morgan fingerprint density at radius 2 is 1.71 bits per heavy atom. The van der Waals surface area contributed by atoms with E-state index in [4.69, 9.17) is 14.2 Å². The van der Waals surface area contributed by atoms with E-state index in [2.05, 4.69) is 21.2 Å². The summed E-state index contributed by atoms with van der Waals surface area (Å²) in [5.41, 5.74) is 3.77. The number of nitrogens with one attached hydrogen (secondary N) is 1. The first-order valence-corrected chi connectivity index (χ1v) is 8.60. The molecule has 1 aromatic carbocycles. The van der Waals surface area contributed by atoms with Crippen LogP contribution in [0.1, 0.15) is 35.6 Å². The Morgan fingerprint density at radius 3 is 2.48 bits per heavy atom. The SMILES string of the molecule is Brc1c2c(c(C3CNCCO3)c3c1OCCC3)OCCC2. The van der Waals surface area contributed by atoms with Gasteiger partial charge in [0.05, 0.1) is 30.4 Å². The molecule has 3 aliphatic rings. The largest absolute Gasteiger partial charge is 0.493 e. The van der Waals surface area contributed by atoms with E-state index in [-0.39, 0.29) is 6.10 Å². The second-order valence-electron chi connectivity index (χ2n) is 5.81. The lowest BCUT2D eigenvalue weighted by Gasteiger charge is -2.33. The molecule has 4 rings (SSSR count). The summed E-state index contributed by atoms with van der Waals surface area (Å²) in [7, 11) is 0. The Morgan fingerprint density at radius 1 is 0.952 bits per heavy atom. The van der Waals surface area contributed by atoms with E-state index < -0.39 is 0 Å². The Bertz CT molecular complexity index is 518. The Hall–Kier alpha value is -0.780. The van der Waals surface area contributed by atoms with Gasteiger partial charge < -0.3 is 19.5 Å². The minimum atomic E-state index is 0.0779. The zero-order chi connectivity index (χ0) is 14.2. The van der Waals surface area contributed by atoms with Crippen LogP contribution in [-0.4, -0.2) is 32.9 Å². The van der Waals surface area contributed by atoms with Gasteiger partial charge in [0.25, 0.3) is 0 Å². The van der Waals surface area contributed by atoms with Crippen LogP contribution < -0.4 is 14.8 Å². The monoisotopic (exact) mass is 353 g/mol. The summed E-state index contributed by atoms with van der Waals surface area (Å²) in [6, 6.07) is 0. The van der Waals surface area contributed by atoms with Gasteiger partial charge in [-0.25, -0.2) is 0 Å². The highest BCUT2D eigenvalue weighted by molar-refractivity contribution is 9.10. The average Bonchev–Trinajstić information content (AvgIpc) is 2.56. The first-order chi connectivity index (χ1) is 10.4. The predicted octanol–water partition coefficient (Wildman–Crippen LogP) is 2.76. The topological polar surface area (TPSA) is 39.7 Å². The number of halogens is 1. The quantitative estimate of drug-likeness (QED) is 0.842. The van der Waals surface area contributed by atoms with Gasteiger partial charge in [-0.1, -0.05) is 0 Å². The van der Waals surface area contributed by atoms with Crippen molar-refractivity contribution in [3.63, 3.8) is 0 Å². The van der Waals surface area contributed by atoms with Gasteiger partial charge in [-0.3, -0.25) is 0 Å². The van der Waals surface area contributed by atoms with Gasteiger partial charge in [-0.2, -0.15) is 0 Å². The second kappa shape index (κ2) is 5.78. The minimum Gasteiger partial charge on any atom is -0.493 e. The maximum absolute atomic E-state index is 6.06. The van der Waals surface area contributed by atoms with Crippen molar-refractivity contribution in [2.24, 2.45) is 0 Å². The zero-order valence-corrected chi connectivity index (χ0v) is 13.6. The lowest BCUT2D eigenvalue weighted by Crippen LogP contribution is -2.34. The van der Waals surface area contributed by atoms with Gasteiger partial charge >= 0.3 is 0 Å². The summed E-state index contributed by atoms with van der Waals surface area (Å²) >= 11 is 3.75. The van der Waals surface area contributed by atoms with Crippen molar-refractivity contribution in [1.82, 2.24) is 5.32 Å². The van der Waals surface area contributed by atoms with Crippen LogP contribution >= 0.6 is 15.9 Å². The Balaban J connectivity index is 1.89. The molecule has 0 saturated carbocycles. The molecule has 1 N–H and O–H groups in total. The molecule has 3 heterocycles. The summed E-state index contributed by atoms with van der Waals surface area (Å²) in [6.45, 7) is 4.13. The van der Waals surface area contributed by atoms with Crippen LogP contribution in [0, 0.1) is 0 Å². The molecule has 114 valence electrons. The highest BCUT2D eigenvalue weighted by Crippen LogP contribution is 2.48. The van der Waals surface area contributed by atoms with E-state index in [0.717, 1.165) is 74.6 Å². The van der Waals surface area contributed by atoms with Crippen LogP contribution in [0.5, 0.6) is 11.5 Å². The van der Waals surface area contributed by atoms with Crippen LogP contribution in [0.3, 0.4) is 0 Å². The van der Waals surface area contributed by atoms with E-state index in [1.807, 2.05) is 0 Å². The standard InChI is InChI=1S/C16H20BrNO3/c17-14-11-4-2-6-20-15(11)13(12-9-18-5-8-19-12)10-3-1-7-21-16(10)14/h12,18H,1-9H2. The van der Waals surface area contributed by atoms with Crippen LogP contribution in [-0.2, 0) is 17.6 Å². The van der Waals surface area contributed by atoms with Crippen molar-refractivity contribution >= 4 is 15.9 Å². The van der Waals surface area contributed by atoms with E-state index in [9.17, 15) is 0 Å². The molecule has 21 heavy (non-hydrogen) atoms. The molecule has 1 saturated heterocycles. The molecule has 4 nitrogen and oxygen atoms in total. The fourth-order valence-corrected chi connectivity index (χ4v) is 4.25. The fourth-order valence-electron chi connectivity index (χ4n) is 3.52. The van der Waals surface area contributed by atoms with E-state index in [1.54, 1.807) is 0 Å². The zero-order valence-electron chi connectivity index (χ0n) is 12.0. The summed E-state index contributed by atoms with van der Waals surface area (Å²) in [4.78, 5) is 0. The van der Waals surface area contributed by atoms with Crippen LogP contribution in [0.4, 0.5) is 0 Å². The minimum absolute atomic E-state index is 0.0779. The van der Waals surface area contributed by atoms with Crippen molar-refractivity contribution in [3.8, 4) is 11.5 Å². The number of morpholine rings is 1. The molecule has 1 aromatic rings.